The molecule has 19 nitrogen and oxygen atoms in total. The molecule has 0 radical (unpaired) electrons. The smallest absolute Gasteiger partial charge is 0.411 e. The maximum atomic E-state index is 15.1. The second-order valence-corrected chi connectivity index (χ2v) is 21.6. The number of nitrogens with zero attached hydrogens (tertiary/aromatic N) is 10. The lowest BCUT2D eigenvalue weighted by Gasteiger charge is -2.40. The van der Waals surface area contributed by atoms with E-state index in [0.717, 1.165) is 68.7 Å². The van der Waals surface area contributed by atoms with Crippen molar-refractivity contribution in [2.24, 2.45) is 5.92 Å². The van der Waals surface area contributed by atoms with E-state index in [0.29, 0.717) is 66.2 Å². The number of piperidine rings is 1. The van der Waals surface area contributed by atoms with Crippen molar-refractivity contribution in [2.45, 2.75) is 72.4 Å². The lowest BCUT2D eigenvalue weighted by molar-refractivity contribution is -0.134. The van der Waals surface area contributed by atoms with Crippen molar-refractivity contribution in [1.29, 1.82) is 0 Å². The summed E-state index contributed by atoms with van der Waals surface area (Å²) in [7, 11) is 0. The van der Waals surface area contributed by atoms with Crippen LogP contribution in [0.15, 0.2) is 96.2 Å². The van der Waals surface area contributed by atoms with E-state index in [1.807, 2.05) is 56.4 Å². The summed E-state index contributed by atoms with van der Waals surface area (Å²) in [6.07, 6.45) is 7.23. The van der Waals surface area contributed by atoms with Crippen LogP contribution in [0.5, 0.6) is 0 Å². The topological polar surface area (TPSA) is 203 Å². The van der Waals surface area contributed by atoms with E-state index in [4.69, 9.17) is 4.74 Å². The minimum atomic E-state index is -0.790. The first-order valence-corrected chi connectivity index (χ1v) is 26.9. The Morgan fingerprint density at radius 1 is 0.782 bits per heavy atom. The maximum absolute atomic E-state index is 15.1. The first-order valence-electron chi connectivity index (χ1n) is 26.9. The lowest BCUT2D eigenvalue weighted by atomic mass is 9.95. The molecule has 6 heterocycles. The Balaban J connectivity index is 0.745. The molecule has 78 heavy (non-hydrogen) atoms. The molecule has 5 amide bonds. The zero-order valence-corrected chi connectivity index (χ0v) is 45.2. The van der Waals surface area contributed by atoms with Gasteiger partial charge in [-0.05, 0) is 93.8 Å². The van der Waals surface area contributed by atoms with Gasteiger partial charge in [0.15, 0.2) is 5.69 Å². The number of benzene rings is 3. The van der Waals surface area contributed by atoms with Crippen LogP contribution in [0.25, 0.3) is 16.5 Å². The number of fused-ring (bicyclic) bond motifs is 1. The van der Waals surface area contributed by atoms with Crippen molar-refractivity contribution < 1.29 is 33.1 Å². The third kappa shape index (κ3) is 13.6. The SMILES string of the molecule is CCc1cnn(-c2cnc(C(=O)N3CCC(CN4CCN(CC(=O)N5CCN(C(=O)c6cc(Cc7n[nH]c(=O)c8ccccc78)ccc6F)CC5)CC4)CC3)c(NC(=O)CN(Cc3cccc(C)c3)C(=O)OC(C)(C)C)c2)c1. The number of pyridine rings is 1. The van der Waals surface area contributed by atoms with E-state index < -0.39 is 29.3 Å². The molecule has 2 N–H and O–H groups in total. The number of hydrogen-bond acceptors (Lipinski definition) is 12. The highest BCUT2D eigenvalue weighted by atomic mass is 19.1. The molecule has 6 aromatic rings. The molecule has 0 spiro atoms. The predicted molar refractivity (Wildman–Crippen MR) is 293 cm³/mol. The van der Waals surface area contributed by atoms with Crippen molar-refractivity contribution in [1.82, 2.24) is 54.4 Å². The van der Waals surface area contributed by atoms with E-state index in [1.54, 1.807) is 82.9 Å². The van der Waals surface area contributed by atoms with Crippen LogP contribution in [0.4, 0.5) is 14.9 Å². The number of anilines is 1. The number of ether oxygens (including phenoxy) is 1. The third-order valence-corrected chi connectivity index (χ3v) is 14.7. The van der Waals surface area contributed by atoms with E-state index >= 15 is 4.39 Å². The molecule has 0 bridgehead atoms. The Labute approximate surface area is 453 Å². The Hall–Kier alpha value is -7.84. The Kier molecular flexibility index (Phi) is 17.1. The van der Waals surface area contributed by atoms with E-state index in [9.17, 15) is 28.8 Å². The fraction of sp³-hybridized carbons (Fsp3) is 0.431. The molecule has 0 atom stereocenters. The summed E-state index contributed by atoms with van der Waals surface area (Å²) in [6.45, 7) is 15.7. The fourth-order valence-corrected chi connectivity index (χ4v) is 10.4. The molecule has 0 aliphatic carbocycles. The van der Waals surface area contributed by atoms with Gasteiger partial charge in [-0.1, -0.05) is 61.0 Å². The van der Waals surface area contributed by atoms with Gasteiger partial charge in [-0.2, -0.15) is 10.2 Å². The van der Waals surface area contributed by atoms with Gasteiger partial charge in [-0.3, -0.25) is 33.8 Å². The number of aromatic amines is 1. The average Bonchev–Trinajstić information content (AvgIpc) is 3.96. The number of aryl methyl sites for hydroxylation is 2. The standard InChI is InChI=1S/C58H69FN12O7/c1-6-40-32-61-71(36-40)44-31-50(62-51(72)37-70(57(77)78-58(3,4)5)35-43-11-9-10-39(2)28-43)53(60-33-44)56(76)68-18-16-41(17-19-68)34-65-20-22-66(23-21-65)38-52(73)67-24-26-69(27-25-67)55(75)47-29-42(14-15-48(47)59)30-49-45-12-7-8-13-46(45)54(74)64-63-49/h7-15,28-29,31-33,36,41H,6,16-27,30,34-35,37-38H2,1-5H3,(H,62,72)(H,64,74). The minimum Gasteiger partial charge on any atom is -0.444 e. The molecule has 3 aliphatic rings. The molecular weight excluding hydrogens is 996 g/mol. The van der Waals surface area contributed by atoms with Crippen LogP contribution in [-0.2, 0) is 33.7 Å². The highest BCUT2D eigenvalue weighted by Crippen LogP contribution is 2.26. The van der Waals surface area contributed by atoms with Crippen molar-refractivity contribution in [3.8, 4) is 5.69 Å². The number of halogens is 1. The Morgan fingerprint density at radius 2 is 1.49 bits per heavy atom. The molecule has 20 heteroatoms. The number of aromatic nitrogens is 5. The molecule has 3 aliphatic heterocycles. The highest BCUT2D eigenvalue weighted by Gasteiger charge is 2.32. The number of carbonyl (C=O) groups excluding carboxylic acids is 5. The van der Waals surface area contributed by atoms with Gasteiger partial charge in [0.25, 0.3) is 17.4 Å². The average molecular weight is 1070 g/mol. The number of carbonyl (C=O) groups is 5. The number of H-pyrrole nitrogens is 1. The number of hydrogen-bond donors (Lipinski definition) is 2. The molecular formula is C58H69FN12O7. The zero-order chi connectivity index (χ0) is 55.1. The molecule has 3 fully saturated rings. The van der Waals surface area contributed by atoms with Crippen LogP contribution < -0.4 is 10.9 Å². The van der Waals surface area contributed by atoms with Gasteiger partial charge >= 0.3 is 6.09 Å². The van der Waals surface area contributed by atoms with Crippen molar-refractivity contribution in [2.75, 3.05) is 90.4 Å². The highest BCUT2D eigenvalue weighted by molar-refractivity contribution is 6.03. The minimum absolute atomic E-state index is 0.00107. The molecule has 0 saturated carbocycles. The monoisotopic (exact) mass is 1060 g/mol. The number of likely N-dealkylation sites (tertiary alicyclic amines) is 1. The van der Waals surface area contributed by atoms with E-state index in [2.05, 4.69) is 35.4 Å². The summed E-state index contributed by atoms with van der Waals surface area (Å²) in [6, 6.07) is 21.0. The summed E-state index contributed by atoms with van der Waals surface area (Å²) in [5.41, 5.74) is 3.92. The number of nitrogens with one attached hydrogen (secondary N) is 2. The van der Waals surface area contributed by atoms with Crippen LogP contribution in [0.2, 0.25) is 0 Å². The van der Waals surface area contributed by atoms with Crippen LogP contribution in [0, 0.1) is 18.7 Å². The Bertz CT molecular complexity index is 3220. The predicted octanol–water partition coefficient (Wildman–Crippen LogP) is 5.93. The second-order valence-electron chi connectivity index (χ2n) is 21.6. The van der Waals surface area contributed by atoms with Gasteiger partial charge in [0.1, 0.15) is 18.0 Å². The van der Waals surface area contributed by atoms with Gasteiger partial charge in [-0.15, -0.1) is 0 Å². The van der Waals surface area contributed by atoms with Gasteiger partial charge in [-0.25, -0.2) is 23.9 Å². The molecule has 9 rings (SSSR count). The zero-order valence-electron chi connectivity index (χ0n) is 45.2. The van der Waals surface area contributed by atoms with Crippen molar-refractivity contribution in [3.05, 3.63) is 147 Å². The van der Waals surface area contributed by atoms with Gasteiger partial charge in [0, 0.05) is 96.5 Å². The second kappa shape index (κ2) is 24.2. The first kappa shape index (κ1) is 54.9. The van der Waals surface area contributed by atoms with E-state index in [1.165, 1.54) is 11.0 Å². The van der Waals surface area contributed by atoms with Crippen molar-refractivity contribution >= 4 is 46.2 Å². The van der Waals surface area contributed by atoms with Crippen LogP contribution in [-0.4, -0.2) is 175 Å². The van der Waals surface area contributed by atoms with Crippen molar-refractivity contribution in [3.63, 3.8) is 0 Å². The largest absolute Gasteiger partial charge is 0.444 e. The fourth-order valence-electron chi connectivity index (χ4n) is 10.4. The number of piperazine rings is 2. The normalized spacial score (nSPS) is 15.8. The number of amides is 5. The third-order valence-electron chi connectivity index (χ3n) is 14.7. The van der Waals surface area contributed by atoms with Crippen LogP contribution in [0.3, 0.4) is 0 Å². The van der Waals surface area contributed by atoms with Crippen LogP contribution in [0.1, 0.15) is 89.3 Å². The summed E-state index contributed by atoms with van der Waals surface area (Å²) >= 11 is 0. The molecule has 3 aromatic heterocycles. The summed E-state index contributed by atoms with van der Waals surface area (Å²) in [5.74, 6) is -1.51. The molecule has 0 unspecified atom stereocenters. The van der Waals surface area contributed by atoms with Gasteiger partial charge in [0.05, 0.1) is 47.0 Å². The maximum Gasteiger partial charge on any atom is 0.411 e. The van der Waals surface area contributed by atoms with Gasteiger partial charge in [0.2, 0.25) is 11.8 Å². The first-order chi connectivity index (χ1) is 37.5. The Morgan fingerprint density at radius 3 is 2.19 bits per heavy atom. The number of rotatable bonds is 15. The summed E-state index contributed by atoms with van der Waals surface area (Å²) in [5, 5.41) is 15.4. The quantitative estimate of drug-likeness (QED) is 0.123. The lowest BCUT2D eigenvalue weighted by Crippen LogP contribution is -2.55. The van der Waals surface area contributed by atoms with Crippen LogP contribution >= 0.6 is 0 Å². The summed E-state index contributed by atoms with van der Waals surface area (Å²) < 4.78 is 22.5. The molecule has 410 valence electrons. The molecule has 3 aromatic carbocycles. The van der Waals surface area contributed by atoms with Gasteiger partial charge < -0.3 is 29.7 Å². The summed E-state index contributed by atoms with van der Waals surface area (Å²) in [4.78, 5) is 96.9. The molecule has 3 saturated heterocycles. The van der Waals surface area contributed by atoms with E-state index in [-0.39, 0.29) is 67.0 Å².